The van der Waals surface area contributed by atoms with Gasteiger partial charge in [-0.1, -0.05) is 18.2 Å². The molecule has 7 nitrogen and oxygen atoms in total. The zero-order chi connectivity index (χ0) is 23.8. The Morgan fingerprint density at radius 2 is 1.91 bits per heavy atom. The van der Waals surface area contributed by atoms with Crippen molar-refractivity contribution in [2.24, 2.45) is 5.92 Å². The summed E-state index contributed by atoms with van der Waals surface area (Å²) >= 11 is 0. The molecule has 4 rings (SSSR count). The van der Waals surface area contributed by atoms with Crippen LogP contribution in [0.5, 0.6) is 17.2 Å². The van der Waals surface area contributed by atoms with Gasteiger partial charge in [0.1, 0.15) is 5.75 Å². The molecule has 1 atom stereocenters. The Balaban J connectivity index is 1.54. The van der Waals surface area contributed by atoms with E-state index >= 15 is 0 Å². The monoisotopic (exact) mass is 462 g/mol. The standard InChI is InChI=1S/C27H30N2O5/c1-31-25-10-9-22(15-26(25)32-2)27(30)29(17-23-7-3-4-12-28-23)16-20-6-5-8-24(14-20)34-19-21-11-13-33-18-21/h3-10,12,14-15,21H,11,13,16-19H2,1-2H3/t21-/m1/s1. The van der Waals surface area contributed by atoms with E-state index in [1.807, 2.05) is 42.5 Å². The summed E-state index contributed by atoms with van der Waals surface area (Å²) in [6.07, 6.45) is 2.76. The van der Waals surface area contributed by atoms with Crippen LogP contribution in [0.1, 0.15) is 28.0 Å². The molecule has 34 heavy (non-hydrogen) atoms. The van der Waals surface area contributed by atoms with Gasteiger partial charge in [0.15, 0.2) is 11.5 Å². The van der Waals surface area contributed by atoms with E-state index in [0.717, 1.165) is 36.6 Å². The highest BCUT2D eigenvalue weighted by atomic mass is 16.5. The summed E-state index contributed by atoms with van der Waals surface area (Å²) in [5, 5.41) is 0. The second kappa shape index (κ2) is 11.5. The summed E-state index contributed by atoms with van der Waals surface area (Å²) in [7, 11) is 3.13. The summed E-state index contributed by atoms with van der Waals surface area (Å²) in [6, 6.07) is 18.8. The number of ether oxygens (including phenoxy) is 4. The van der Waals surface area contributed by atoms with Gasteiger partial charge in [-0.3, -0.25) is 9.78 Å². The first-order chi connectivity index (χ1) is 16.7. The zero-order valence-corrected chi connectivity index (χ0v) is 19.6. The quantitative estimate of drug-likeness (QED) is 0.446. The Labute approximate surface area is 200 Å². The number of hydrogen-bond donors (Lipinski definition) is 0. The lowest BCUT2D eigenvalue weighted by Crippen LogP contribution is -2.30. The molecule has 178 valence electrons. The molecule has 1 amide bonds. The number of methoxy groups -OCH3 is 2. The van der Waals surface area contributed by atoms with Crippen LogP contribution in [0.25, 0.3) is 0 Å². The van der Waals surface area contributed by atoms with Gasteiger partial charge in [0.05, 0.1) is 39.7 Å². The van der Waals surface area contributed by atoms with Gasteiger partial charge in [-0.05, 0) is 54.4 Å². The van der Waals surface area contributed by atoms with Crippen molar-refractivity contribution in [3.05, 3.63) is 83.7 Å². The van der Waals surface area contributed by atoms with Gasteiger partial charge in [0.25, 0.3) is 5.91 Å². The molecule has 3 aromatic rings. The summed E-state index contributed by atoms with van der Waals surface area (Å²) in [5.41, 5.74) is 2.30. The number of hydrogen-bond acceptors (Lipinski definition) is 6. The SMILES string of the molecule is COc1ccc(C(=O)N(Cc2cccc(OC[C@@H]3CCOC3)c2)Cc2ccccn2)cc1OC. The number of rotatable bonds is 10. The average molecular weight is 463 g/mol. The van der Waals surface area contributed by atoms with Gasteiger partial charge in [0, 0.05) is 30.8 Å². The molecule has 2 heterocycles. The first-order valence-electron chi connectivity index (χ1n) is 11.4. The highest BCUT2D eigenvalue weighted by molar-refractivity contribution is 5.95. The molecule has 0 bridgehead atoms. The molecule has 1 aliphatic rings. The third-order valence-corrected chi connectivity index (χ3v) is 5.78. The largest absolute Gasteiger partial charge is 0.493 e. The van der Waals surface area contributed by atoms with Crippen LogP contribution in [-0.4, -0.2) is 49.8 Å². The third-order valence-electron chi connectivity index (χ3n) is 5.78. The van der Waals surface area contributed by atoms with Gasteiger partial charge in [-0.25, -0.2) is 0 Å². The predicted octanol–water partition coefficient (Wildman–Crippen LogP) is 4.36. The van der Waals surface area contributed by atoms with E-state index in [9.17, 15) is 4.79 Å². The fraction of sp³-hybridized carbons (Fsp3) is 0.333. The van der Waals surface area contributed by atoms with Crippen LogP contribution < -0.4 is 14.2 Å². The molecule has 0 unspecified atom stereocenters. The molecule has 0 aliphatic carbocycles. The normalized spacial score (nSPS) is 15.1. The fourth-order valence-electron chi connectivity index (χ4n) is 3.92. The Hall–Kier alpha value is -3.58. The Morgan fingerprint density at radius 3 is 2.65 bits per heavy atom. The van der Waals surface area contributed by atoms with Crippen molar-refractivity contribution < 1.29 is 23.7 Å². The number of nitrogens with zero attached hydrogens (tertiary/aromatic N) is 2. The van der Waals surface area contributed by atoms with Crippen LogP contribution in [0.2, 0.25) is 0 Å². The first kappa shape index (κ1) is 23.6. The van der Waals surface area contributed by atoms with Crippen LogP contribution in [0.15, 0.2) is 66.9 Å². The summed E-state index contributed by atoms with van der Waals surface area (Å²) in [4.78, 5) is 19.7. The minimum Gasteiger partial charge on any atom is -0.493 e. The zero-order valence-electron chi connectivity index (χ0n) is 19.6. The van der Waals surface area contributed by atoms with Gasteiger partial charge < -0.3 is 23.8 Å². The molecule has 0 spiro atoms. The van der Waals surface area contributed by atoms with E-state index in [0.29, 0.717) is 42.7 Å². The topological polar surface area (TPSA) is 70.1 Å². The smallest absolute Gasteiger partial charge is 0.254 e. The second-order valence-corrected chi connectivity index (χ2v) is 8.24. The van der Waals surface area contributed by atoms with Crippen LogP contribution in [-0.2, 0) is 17.8 Å². The van der Waals surface area contributed by atoms with Crippen molar-refractivity contribution in [2.45, 2.75) is 19.5 Å². The van der Waals surface area contributed by atoms with Crippen molar-refractivity contribution in [3.8, 4) is 17.2 Å². The molecular weight excluding hydrogens is 432 g/mol. The van der Waals surface area contributed by atoms with E-state index in [4.69, 9.17) is 18.9 Å². The van der Waals surface area contributed by atoms with Gasteiger partial charge in [-0.15, -0.1) is 0 Å². The van der Waals surface area contributed by atoms with Gasteiger partial charge in [0.2, 0.25) is 0 Å². The third kappa shape index (κ3) is 6.05. The van der Waals surface area contributed by atoms with E-state index in [2.05, 4.69) is 4.98 Å². The second-order valence-electron chi connectivity index (χ2n) is 8.24. The van der Waals surface area contributed by atoms with Crippen molar-refractivity contribution in [2.75, 3.05) is 34.0 Å². The summed E-state index contributed by atoms with van der Waals surface area (Å²) in [5.74, 6) is 2.18. The molecule has 1 aromatic heterocycles. The number of amides is 1. The van der Waals surface area contributed by atoms with Crippen LogP contribution >= 0.6 is 0 Å². The van der Waals surface area contributed by atoms with Gasteiger partial charge >= 0.3 is 0 Å². The van der Waals surface area contributed by atoms with Crippen molar-refractivity contribution in [1.82, 2.24) is 9.88 Å². The Morgan fingerprint density at radius 1 is 1.03 bits per heavy atom. The van der Waals surface area contributed by atoms with Crippen molar-refractivity contribution in [1.29, 1.82) is 0 Å². The highest BCUT2D eigenvalue weighted by Crippen LogP contribution is 2.29. The number of aromatic nitrogens is 1. The Kier molecular flexibility index (Phi) is 7.99. The number of carbonyl (C=O) groups excluding carboxylic acids is 1. The number of benzene rings is 2. The fourth-order valence-corrected chi connectivity index (χ4v) is 3.92. The molecule has 7 heteroatoms. The highest BCUT2D eigenvalue weighted by Gasteiger charge is 2.20. The lowest BCUT2D eigenvalue weighted by molar-refractivity contribution is 0.0727. The predicted molar refractivity (Wildman–Crippen MR) is 128 cm³/mol. The maximum Gasteiger partial charge on any atom is 0.254 e. The summed E-state index contributed by atoms with van der Waals surface area (Å²) in [6.45, 7) is 2.96. The van der Waals surface area contributed by atoms with Crippen LogP contribution in [0.4, 0.5) is 0 Å². The minimum atomic E-state index is -0.124. The molecule has 2 aromatic carbocycles. The maximum absolute atomic E-state index is 13.6. The van der Waals surface area contributed by atoms with E-state index in [1.54, 1.807) is 43.5 Å². The molecule has 1 aliphatic heterocycles. The molecule has 0 radical (unpaired) electrons. The number of carbonyl (C=O) groups is 1. The molecule has 0 saturated carbocycles. The van der Waals surface area contributed by atoms with Crippen LogP contribution in [0, 0.1) is 5.92 Å². The van der Waals surface area contributed by atoms with Gasteiger partial charge in [-0.2, -0.15) is 0 Å². The van der Waals surface area contributed by atoms with Crippen molar-refractivity contribution in [3.63, 3.8) is 0 Å². The Bertz CT molecular complexity index is 1080. The van der Waals surface area contributed by atoms with E-state index < -0.39 is 0 Å². The molecular formula is C27H30N2O5. The number of pyridine rings is 1. The molecule has 1 fully saturated rings. The lowest BCUT2D eigenvalue weighted by atomic mass is 10.1. The molecule has 0 N–H and O–H groups in total. The van der Waals surface area contributed by atoms with E-state index in [-0.39, 0.29) is 5.91 Å². The maximum atomic E-state index is 13.6. The van der Waals surface area contributed by atoms with Crippen molar-refractivity contribution >= 4 is 5.91 Å². The summed E-state index contributed by atoms with van der Waals surface area (Å²) < 4.78 is 22.1. The van der Waals surface area contributed by atoms with Crippen LogP contribution in [0.3, 0.4) is 0 Å². The first-order valence-corrected chi connectivity index (χ1v) is 11.4. The lowest BCUT2D eigenvalue weighted by Gasteiger charge is -2.23. The average Bonchev–Trinajstić information content (AvgIpc) is 3.41. The minimum absolute atomic E-state index is 0.124. The molecule has 1 saturated heterocycles. The van der Waals surface area contributed by atoms with E-state index in [1.165, 1.54) is 0 Å².